The van der Waals surface area contributed by atoms with Gasteiger partial charge in [-0.05, 0) is 115 Å². The van der Waals surface area contributed by atoms with Gasteiger partial charge in [-0.1, -0.05) is 212 Å². The van der Waals surface area contributed by atoms with Crippen molar-refractivity contribution >= 4 is 6.16 Å². The van der Waals surface area contributed by atoms with Crippen LogP contribution in [-0.2, 0) is 51.4 Å². The summed E-state index contributed by atoms with van der Waals surface area (Å²) in [5.74, 6) is 1.79. The Morgan fingerprint density at radius 2 is 0.721 bits per heavy atom. The van der Waals surface area contributed by atoms with Crippen LogP contribution in [0.5, 0.6) is 23.0 Å². The van der Waals surface area contributed by atoms with Gasteiger partial charge in [0.15, 0.2) is 0 Å². The van der Waals surface area contributed by atoms with Crippen molar-refractivity contribution < 1.29 is 24.5 Å². The van der Waals surface area contributed by atoms with E-state index in [4.69, 9.17) is 9.47 Å². The van der Waals surface area contributed by atoms with Crippen LogP contribution >= 0.6 is 0 Å². The molecule has 0 fully saturated rings. The normalized spacial score (nSPS) is 12.4. The number of phenolic OH excluding ortho intramolecular Hbond substituents is 2. The zero-order valence-corrected chi connectivity index (χ0v) is 43.9. The topological polar surface area (TPSA) is 76.0 Å². The van der Waals surface area contributed by atoms with Crippen LogP contribution < -0.4 is 9.47 Å². The average Bonchev–Trinajstić information content (AvgIpc) is 3.32. The molecule has 0 spiro atoms. The molecule has 1 heterocycles. The fourth-order valence-corrected chi connectivity index (χ4v) is 10.6. The molecule has 5 rings (SSSR count). The number of hydrogen-bond acceptors (Lipinski definition) is 5. The summed E-state index contributed by atoms with van der Waals surface area (Å²) in [5, 5.41) is 24.1. The quantitative estimate of drug-likeness (QED) is 0.0283. The van der Waals surface area contributed by atoms with E-state index < -0.39 is 6.16 Å². The second-order valence-electron chi connectivity index (χ2n) is 20.6. The summed E-state index contributed by atoms with van der Waals surface area (Å²) < 4.78 is 12.3. The van der Waals surface area contributed by atoms with Gasteiger partial charge in [0.05, 0.1) is 0 Å². The fraction of sp³-hybridized carbons (Fsp3) is 0.603. The Bertz CT molecular complexity index is 2130. The van der Waals surface area contributed by atoms with Crippen molar-refractivity contribution in [1.82, 2.24) is 0 Å². The molecule has 0 radical (unpaired) electrons. The number of hydrogen-bond donors (Lipinski definition) is 2. The predicted molar refractivity (Wildman–Crippen MR) is 287 cm³/mol. The van der Waals surface area contributed by atoms with E-state index >= 15 is 0 Å². The number of aryl methyl sites for hydroxylation is 6. The molecule has 1 aliphatic rings. The summed E-state index contributed by atoms with van der Waals surface area (Å²) >= 11 is 0. The highest BCUT2D eigenvalue weighted by molar-refractivity contribution is 5.72. The molecule has 5 heteroatoms. The average molecular weight is 929 g/mol. The summed E-state index contributed by atoms with van der Waals surface area (Å²) in [5.41, 5.74) is 12.4. The number of unbranched alkanes of at least 4 members (excludes halogenated alkanes) is 20. The fourth-order valence-electron chi connectivity index (χ4n) is 10.6. The predicted octanol–water partition coefficient (Wildman–Crippen LogP) is 18.2. The van der Waals surface area contributed by atoms with Gasteiger partial charge in [0.2, 0.25) is 0 Å². The van der Waals surface area contributed by atoms with Crippen LogP contribution in [0.1, 0.15) is 255 Å². The van der Waals surface area contributed by atoms with E-state index in [0.717, 1.165) is 102 Å². The molecule has 0 aromatic heterocycles. The third kappa shape index (κ3) is 17.6. The van der Waals surface area contributed by atoms with E-state index in [2.05, 4.69) is 83.1 Å². The molecule has 68 heavy (non-hydrogen) atoms. The van der Waals surface area contributed by atoms with Crippen LogP contribution in [0.2, 0.25) is 0 Å². The molecular weight excluding hydrogens is 837 g/mol. The van der Waals surface area contributed by atoms with Crippen LogP contribution in [0, 0.1) is 6.92 Å². The van der Waals surface area contributed by atoms with Crippen molar-refractivity contribution in [2.75, 3.05) is 0 Å². The van der Waals surface area contributed by atoms with E-state index in [-0.39, 0.29) is 5.75 Å². The minimum atomic E-state index is -0.714. The van der Waals surface area contributed by atoms with Gasteiger partial charge in [-0.15, -0.1) is 0 Å². The molecule has 0 bridgehead atoms. The SMILES string of the molecule is CCCCCCCCc1cc(CC)c(O)c(Cc2cc(CCCCCCCC)cc(Cc3cc(CCCCCCCC)cc4c3OC(=O)Oc3c(C)cc(CCCCCCCC)cc3C4)c2O)c1. The monoisotopic (exact) mass is 929 g/mol. The van der Waals surface area contributed by atoms with Gasteiger partial charge < -0.3 is 19.7 Å². The Kier molecular flexibility index (Phi) is 24.4. The second-order valence-corrected chi connectivity index (χ2v) is 20.6. The van der Waals surface area contributed by atoms with Gasteiger partial charge in [-0.25, -0.2) is 4.79 Å². The smallest absolute Gasteiger partial charge is 0.507 e. The van der Waals surface area contributed by atoms with Gasteiger partial charge in [0, 0.05) is 36.0 Å². The number of aromatic hydroxyl groups is 2. The number of carbonyl (C=O) groups excluding carboxylic acids is 1. The second kappa shape index (κ2) is 30.4. The molecule has 0 amide bonds. The third-order valence-corrected chi connectivity index (χ3v) is 14.5. The molecule has 2 N–H and O–H groups in total. The molecule has 5 nitrogen and oxygen atoms in total. The van der Waals surface area contributed by atoms with Crippen LogP contribution in [0.3, 0.4) is 0 Å². The number of benzene rings is 4. The number of fused-ring (bicyclic) bond motifs is 2. The lowest BCUT2D eigenvalue weighted by Crippen LogP contribution is -2.20. The first-order valence-corrected chi connectivity index (χ1v) is 28.0. The molecular formula is C63H92O5. The summed E-state index contributed by atoms with van der Waals surface area (Å²) in [6.45, 7) is 13.2. The molecule has 1 aliphatic heterocycles. The molecule has 0 saturated carbocycles. The molecule has 0 unspecified atom stereocenters. The standard InChI is InChI=1S/C63H92O5/c1-7-12-16-20-24-28-32-48-36-47(6)61-56(41-48)46-58-43-51(35-31-27-23-19-15-10-4)42-57(62(58)68-63(66)67-61)45-55-40-50(34-30-26-22-18-14-9-3)39-54(60(55)65)44-53-38-49(37-52(11-5)59(53)64)33-29-25-21-17-13-8-2/h36-43,64-65H,7-35,44-46H2,1-6H3. The van der Waals surface area contributed by atoms with Gasteiger partial charge in [0.1, 0.15) is 23.0 Å². The number of carbonyl (C=O) groups is 1. The van der Waals surface area contributed by atoms with Crippen molar-refractivity contribution in [2.24, 2.45) is 0 Å². The maximum Gasteiger partial charge on any atom is 0.519 e. The zero-order chi connectivity index (χ0) is 48.5. The highest BCUT2D eigenvalue weighted by Crippen LogP contribution is 2.40. The lowest BCUT2D eigenvalue weighted by molar-refractivity contribution is 0.149. The molecule has 0 atom stereocenters. The highest BCUT2D eigenvalue weighted by atomic mass is 16.7. The van der Waals surface area contributed by atoms with E-state index in [1.54, 1.807) is 0 Å². The van der Waals surface area contributed by atoms with Crippen molar-refractivity contribution in [3.63, 3.8) is 0 Å². The largest absolute Gasteiger partial charge is 0.519 e. The van der Waals surface area contributed by atoms with Crippen LogP contribution in [-0.4, -0.2) is 16.4 Å². The van der Waals surface area contributed by atoms with E-state index in [0.29, 0.717) is 36.5 Å². The maximum absolute atomic E-state index is 13.8. The zero-order valence-electron chi connectivity index (χ0n) is 43.9. The van der Waals surface area contributed by atoms with Crippen LogP contribution in [0.25, 0.3) is 0 Å². The molecule has 4 aromatic carbocycles. The van der Waals surface area contributed by atoms with Gasteiger partial charge in [-0.2, -0.15) is 0 Å². The Hall–Kier alpha value is -4.25. The first kappa shape index (κ1) is 54.7. The molecule has 0 aliphatic carbocycles. The van der Waals surface area contributed by atoms with Crippen molar-refractivity contribution in [2.45, 2.75) is 247 Å². The van der Waals surface area contributed by atoms with Crippen molar-refractivity contribution in [3.05, 3.63) is 115 Å². The lowest BCUT2D eigenvalue weighted by Gasteiger charge is -2.23. The summed E-state index contributed by atoms with van der Waals surface area (Å²) in [4.78, 5) is 13.8. The highest BCUT2D eigenvalue weighted by Gasteiger charge is 2.26. The molecule has 4 aromatic rings. The number of rotatable bonds is 33. The van der Waals surface area contributed by atoms with Crippen molar-refractivity contribution in [3.8, 4) is 23.0 Å². The summed E-state index contributed by atoms with van der Waals surface area (Å²) in [6.07, 6.45) is 35.0. The Morgan fingerprint density at radius 3 is 1.16 bits per heavy atom. The van der Waals surface area contributed by atoms with Crippen LogP contribution in [0.4, 0.5) is 4.79 Å². The van der Waals surface area contributed by atoms with Crippen LogP contribution in [0.15, 0.2) is 48.5 Å². The minimum absolute atomic E-state index is 0.263. The van der Waals surface area contributed by atoms with Gasteiger partial charge >= 0.3 is 6.16 Å². The maximum atomic E-state index is 13.8. The third-order valence-electron chi connectivity index (χ3n) is 14.5. The minimum Gasteiger partial charge on any atom is -0.507 e. The van der Waals surface area contributed by atoms with Crippen molar-refractivity contribution in [1.29, 1.82) is 0 Å². The van der Waals surface area contributed by atoms with E-state index in [9.17, 15) is 15.0 Å². The van der Waals surface area contributed by atoms with E-state index in [1.807, 2.05) is 6.92 Å². The molecule has 374 valence electrons. The van der Waals surface area contributed by atoms with E-state index in [1.165, 1.54) is 151 Å². The number of phenols is 2. The lowest BCUT2D eigenvalue weighted by atomic mass is 9.88. The number of ether oxygens (including phenoxy) is 2. The van der Waals surface area contributed by atoms with Gasteiger partial charge in [0.25, 0.3) is 0 Å². The first-order valence-electron chi connectivity index (χ1n) is 28.0. The Morgan fingerprint density at radius 1 is 0.397 bits per heavy atom. The molecule has 0 saturated heterocycles. The van der Waals surface area contributed by atoms with Gasteiger partial charge in [-0.3, -0.25) is 0 Å². The summed E-state index contributed by atoms with van der Waals surface area (Å²) in [7, 11) is 0. The Labute approximate surface area is 414 Å². The first-order chi connectivity index (χ1) is 33.2. The summed E-state index contributed by atoms with van der Waals surface area (Å²) in [6, 6.07) is 17.7. The Balaban J connectivity index is 1.52.